The number of amides is 1. The molecule has 0 fully saturated rings. The fourth-order valence-corrected chi connectivity index (χ4v) is 5.53. The summed E-state index contributed by atoms with van der Waals surface area (Å²) in [6, 6.07) is 10.9. The molecule has 44 heavy (non-hydrogen) atoms. The molecular weight excluding hydrogens is 565 g/mol. The van der Waals surface area contributed by atoms with Gasteiger partial charge in [-0.05, 0) is 88.7 Å². The van der Waals surface area contributed by atoms with E-state index >= 15 is 0 Å². The van der Waals surface area contributed by atoms with Crippen LogP contribution in [0.1, 0.15) is 59.8 Å². The number of likely N-dealkylation sites (N-methyl/N-ethyl adjacent to an activating group) is 1. The molecule has 0 saturated heterocycles. The number of methoxy groups -OCH3 is 1. The molecule has 2 aliphatic heterocycles. The van der Waals surface area contributed by atoms with Crippen molar-refractivity contribution in [2.75, 3.05) is 58.9 Å². The average Bonchev–Trinajstić information content (AvgIpc) is 3.05. The van der Waals surface area contributed by atoms with Crippen LogP contribution in [0.15, 0.2) is 36.4 Å². The normalized spacial score (nSPS) is 16.1. The fraction of sp³-hybridized carbons (Fsp3) is 0.576. The van der Waals surface area contributed by atoms with E-state index in [0.29, 0.717) is 26.1 Å². The molecule has 242 valence electrons. The van der Waals surface area contributed by atoms with Crippen molar-refractivity contribution in [1.82, 2.24) is 20.1 Å². The molecular formula is C33H48FN5O5. The highest BCUT2D eigenvalue weighted by Crippen LogP contribution is 2.21. The molecule has 0 spiro atoms. The van der Waals surface area contributed by atoms with E-state index in [-0.39, 0.29) is 11.9 Å². The van der Waals surface area contributed by atoms with Crippen molar-refractivity contribution in [1.29, 1.82) is 0 Å². The van der Waals surface area contributed by atoms with Crippen molar-refractivity contribution in [3.63, 3.8) is 0 Å². The number of hydrogen-bond donors (Lipinski definition) is 3. The number of halogens is 1. The summed E-state index contributed by atoms with van der Waals surface area (Å²) in [6.45, 7) is 4.64. The highest BCUT2D eigenvalue weighted by Gasteiger charge is 2.27. The van der Waals surface area contributed by atoms with Crippen LogP contribution in [0.25, 0.3) is 0 Å². The van der Waals surface area contributed by atoms with Gasteiger partial charge < -0.3 is 35.1 Å². The number of anilines is 1. The molecule has 1 aromatic carbocycles. The number of pyridine rings is 1. The Kier molecular flexibility index (Phi) is 14.7. The second-order valence-electron chi connectivity index (χ2n) is 11.4. The summed E-state index contributed by atoms with van der Waals surface area (Å²) in [5.41, 5.74) is 4.19. The number of nitrogens with zero attached hydrogens (tertiary/aromatic N) is 3. The van der Waals surface area contributed by atoms with Crippen LogP contribution in [0, 0.1) is 0 Å². The number of aldehydes is 1. The SMILES string of the molecule is CC(C=O)N1CCc2ccccc2C1=O.CNC(CCN(CCCCc1ccc2c(n1)NCCC2)CC(CF)OC)C(=O)O. The van der Waals surface area contributed by atoms with Gasteiger partial charge in [0, 0.05) is 44.5 Å². The Balaban J connectivity index is 0.000000293. The van der Waals surface area contributed by atoms with Gasteiger partial charge >= 0.3 is 5.97 Å². The lowest BCUT2D eigenvalue weighted by atomic mass is 9.98. The summed E-state index contributed by atoms with van der Waals surface area (Å²) in [7, 11) is 3.15. The first-order valence-electron chi connectivity index (χ1n) is 15.6. The number of ether oxygens (including phenoxy) is 1. The fourth-order valence-electron chi connectivity index (χ4n) is 5.53. The zero-order chi connectivity index (χ0) is 31.9. The number of fused-ring (bicyclic) bond motifs is 2. The van der Waals surface area contributed by atoms with E-state index in [0.717, 1.165) is 80.5 Å². The van der Waals surface area contributed by atoms with Gasteiger partial charge in [-0.15, -0.1) is 0 Å². The number of carbonyl (C=O) groups excluding carboxylic acids is 2. The van der Waals surface area contributed by atoms with Crippen LogP contribution in [0.5, 0.6) is 0 Å². The Morgan fingerprint density at radius 1 is 1.20 bits per heavy atom. The minimum atomic E-state index is -0.867. The summed E-state index contributed by atoms with van der Waals surface area (Å²) in [4.78, 5) is 42.3. The molecule has 4 rings (SSSR count). The number of nitrogens with one attached hydrogen (secondary N) is 2. The van der Waals surface area contributed by atoms with Gasteiger partial charge in [-0.25, -0.2) is 9.37 Å². The standard InChI is InChI=1S/C21H35FN4O3.C12H13NO2/c1-23-19(21(27)28)10-13-26(15-18(14-22)29-2)12-4-3-7-17-9-8-16-6-5-11-24-20(16)25-17;1-9(8-14)13-7-6-10-4-2-3-5-11(10)12(13)15/h8-9,18-19,23H,3-7,10-15H2,1-2H3,(H,24,25)(H,27,28);2-5,8-9H,6-7H2,1H3. The Morgan fingerprint density at radius 3 is 2.70 bits per heavy atom. The van der Waals surface area contributed by atoms with E-state index in [1.807, 2.05) is 24.3 Å². The lowest BCUT2D eigenvalue weighted by Crippen LogP contribution is -2.44. The van der Waals surface area contributed by atoms with E-state index in [4.69, 9.17) is 9.72 Å². The van der Waals surface area contributed by atoms with E-state index < -0.39 is 24.8 Å². The van der Waals surface area contributed by atoms with Crippen molar-refractivity contribution >= 4 is 24.0 Å². The molecule has 3 atom stereocenters. The highest BCUT2D eigenvalue weighted by molar-refractivity contribution is 5.98. The smallest absolute Gasteiger partial charge is 0.320 e. The van der Waals surface area contributed by atoms with Gasteiger partial charge in [0.25, 0.3) is 5.91 Å². The van der Waals surface area contributed by atoms with Gasteiger partial charge in [0.1, 0.15) is 24.8 Å². The molecule has 0 saturated carbocycles. The molecule has 3 unspecified atom stereocenters. The molecule has 2 aromatic rings. The maximum atomic E-state index is 13.1. The van der Waals surface area contributed by atoms with Crippen LogP contribution < -0.4 is 10.6 Å². The van der Waals surface area contributed by atoms with Crippen LogP contribution in [0.3, 0.4) is 0 Å². The molecule has 11 heteroatoms. The Morgan fingerprint density at radius 2 is 2.00 bits per heavy atom. The minimum absolute atomic E-state index is 0.0311. The average molecular weight is 614 g/mol. The number of carboxylic acids is 1. The Labute approximate surface area is 260 Å². The number of aromatic nitrogens is 1. The van der Waals surface area contributed by atoms with Crippen molar-refractivity contribution in [2.45, 2.75) is 70.1 Å². The zero-order valence-electron chi connectivity index (χ0n) is 26.3. The molecule has 3 N–H and O–H groups in total. The molecule has 0 bridgehead atoms. The van der Waals surface area contributed by atoms with Crippen molar-refractivity contribution < 1.29 is 28.6 Å². The van der Waals surface area contributed by atoms with Gasteiger partial charge in [0.2, 0.25) is 0 Å². The Hall–Kier alpha value is -3.41. The lowest BCUT2D eigenvalue weighted by molar-refractivity contribution is -0.139. The van der Waals surface area contributed by atoms with Gasteiger partial charge in [0.05, 0.1) is 12.1 Å². The molecule has 1 amide bonds. The predicted octanol–water partition coefficient (Wildman–Crippen LogP) is 3.38. The van der Waals surface area contributed by atoms with Gasteiger partial charge in [-0.3, -0.25) is 9.59 Å². The number of aryl methyl sites for hydroxylation is 2. The van der Waals surface area contributed by atoms with Gasteiger partial charge in [-0.2, -0.15) is 0 Å². The molecule has 3 heterocycles. The quantitative estimate of drug-likeness (QED) is 0.193. The third-order valence-corrected chi connectivity index (χ3v) is 8.28. The van der Waals surface area contributed by atoms with Crippen molar-refractivity contribution in [3.05, 3.63) is 58.8 Å². The van der Waals surface area contributed by atoms with Crippen molar-refractivity contribution in [2.24, 2.45) is 0 Å². The van der Waals surface area contributed by atoms with E-state index in [9.17, 15) is 23.9 Å². The molecule has 1 aromatic heterocycles. The number of rotatable bonds is 16. The van der Waals surface area contributed by atoms with E-state index in [2.05, 4.69) is 27.7 Å². The monoisotopic (exact) mass is 613 g/mol. The number of alkyl halides is 1. The second-order valence-corrected chi connectivity index (χ2v) is 11.4. The maximum Gasteiger partial charge on any atom is 0.320 e. The predicted molar refractivity (Wildman–Crippen MR) is 169 cm³/mol. The van der Waals surface area contributed by atoms with Crippen LogP contribution in [0.4, 0.5) is 10.2 Å². The van der Waals surface area contributed by atoms with Gasteiger partial charge in [-0.1, -0.05) is 24.3 Å². The van der Waals surface area contributed by atoms with Crippen LogP contribution >= 0.6 is 0 Å². The van der Waals surface area contributed by atoms with Crippen LogP contribution in [-0.2, 0) is 33.6 Å². The van der Waals surface area contributed by atoms with E-state index in [1.54, 1.807) is 18.9 Å². The summed E-state index contributed by atoms with van der Waals surface area (Å²) < 4.78 is 18.3. The number of unbranched alkanes of at least 4 members (excludes halogenated alkanes) is 1. The summed E-state index contributed by atoms with van der Waals surface area (Å²) in [6.07, 6.45) is 6.68. The maximum absolute atomic E-state index is 13.1. The Bertz CT molecular complexity index is 1210. The first-order chi connectivity index (χ1) is 21.3. The minimum Gasteiger partial charge on any atom is -0.480 e. The van der Waals surface area contributed by atoms with E-state index in [1.165, 1.54) is 12.7 Å². The summed E-state index contributed by atoms with van der Waals surface area (Å²) in [5, 5.41) is 15.4. The third kappa shape index (κ3) is 10.3. The molecule has 0 radical (unpaired) electrons. The first kappa shape index (κ1) is 35.1. The number of benzene rings is 1. The topological polar surface area (TPSA) is 124 Å². The third-order valence-electron chi connectivity index (χ3n) is 8.28. The first-order valence-corrected chi connectivity index (χ1v) is 15.6. The molecule has 0 aliphatic carbocycles. The molecule has 2 aliphatic rings. The highest BCUT2D eigenvalue weighted by atomic mass is 19.1. The van der Waals surface area contributed by atoms with Crippen LogP contribution in [0.2, 0.25) is 0 Å². The number of carboxylic acid groups (broad SMARTS) is 1. The zero-order valence-corrected chi connectivity index (χ0v) is 26.3. The van der Waals surface area contributed by atoms with Crippen LogP contribution in [-0.4, -0.2) is 110 Å². The lowest BCUT2D eigenvalue weighted by Gasteiger charge is -2.30. The number of carbonyl (C=O) groups is 3. The summed E-state index contributed by atoms with van der Waals surface area (Å²) in [5.74, 6) is 0.123. The van der Waals surface area contributed by atoms with Gasteiger partial charge in [0.15, 0.2) is 0 Å². The largest absolute Gasteiger partial charge is 0.480 e. The number of hydrogen-bond acceptors (Lipinski definition) is 8. The van der Waals surface area contributed by atoms with Crippen molar-refractivity contribution in [3.8, 4) is 0 Å². The molecule has 10 nitrogen and oxygen atoms in total. The summed E-state index contributed by atoms with van der Waals surface area (Å²) >= 11 is 0. The second kappa shape index (κ2) is 18.4. The number of aliphatic carboxylic acids is 1.